The molecular weight excluding hydrogens is 328 g/mol. The normalized spacial score (nSPS) is 14.0. The van der Waals surface area contributed by atoms with Crippen LogP contribution in [0.4, 0.5) is 0 Å². The summed E-state index contributed by atoms with van der Waals surface area (Å²) in [7, 11) is 0. The van der Waals surface area contributed by atoms with Crippen molar-refractivity contribution in [3.05, 3.63) is 40.4 Å². The first-order valence-electron chi connectivity index (χ1n) is 7.69. The Morgan fingerprint density at radius 2 is 2.04 bits per heavy atom. The van der Waals surface area contributed by atoms with Gasteiger partial charge in [-0.1, -0.05) is 47.4 Å². The SMILES string of the molecule is Cc1nnc(SCCNC(=O)CCN2Cc3ccccc3C2)s1. The van der Waals surface area contributed by atoms with Crippen molar-refractivity contribution in [2.45, 2.75) is 30.8 Å². The molecule has 2 heterocycles. The van der Waals surface area contributed by atoms with Crippen LogP contribution in [0.5, 0.6) is 0 Å². The number of benzene rings is 1. The topological polar surface area (TPSA) is 58.1 Å². The molecule has 1 aromatic carbocycles. The molecule has 1 aromatic heterocycles. The minimum atomic E-state index is 0.120. The third-order valence-corrected chi connectivity index (χ3v) is 5.69. The monoisotopic (exact) mass is 348 g/mol. The van der Waals surface area contributed by atoms with Crippen LogP contribution in [0.3, 0.4) is 0 Å². The van der Waals surface area contributed by atoms with E-state index in [9.17, 15) is 4.79 Å². The number of thioether (sulfide) groups is 1. The van der Waals surface area contributed by atoms with Crippen LogP contribution < -0.4 is 5.32 Å². The van der Waals surface area contributed by atoms with Crippen molar-refractivity contribution in [1.29, 1.82) is 0 Å². The molecule has 1 aliphatic rings. The Morgan fingerprint density at radius 1 is 1.30 bits per heavy atom. The second-order valence-electron chi connectivity index (χ2n) is 5.51. The largest absolute Gasteiger partial charge is 0.355 e. The van der Waals surface area contributed by atoms with E-state index >= 15 is 0 Å². The molecule has 0 atom stereocenters. The zero-order valence-corrected chi connectivity index (χ0v) is 14.8. The number of nitrogens with one attached hydrogen (secondary N) is 1. The van der Waals surface area contributed by atoms with Gasteiger partial charge in [0, 0.05) is 38.4 Å². The zero-order chi connectivity index (χ0) is 16.1. The minimum absolute atomic E-state index is 0.120. The first-order valence-corrected chi connectivity index (χ1v) is 9.49. The molecule has 0 radical (unpaired) electrons. The molecule has 0 bridgehead atoms. The highest BCUT2D eigenvalue weighted by Crippen LogP contribution is 2.22. The molecule has 122 valence electrons. The average Bonchev–Trinajstić information content (AvgIpc) is 3.15. The molecule has 1 N–H and O–H groups in total. The number of carbonyl (C=O) groups is 1. The van der Waals surface area contributed by atoms with E-state index in [4.69, 9.17) is 0 Å². The molecule has 3 rings (SSSR count). The van der Waals surface area contributed by atoms with Crippen LogP contribution in [0, 0.1) is 6.92 Å². The second kappa shape index (κ2) is 7.90. The number of hydrogen-bond acceptors (Lipinski definition) is 6. The van der Waals surface area contributed by atoms with Gasteiger partial charge in [-0.2, -0.15) is 0 Å². The van der Waals surface area contributed by atoms with E-state index in [1.54, 1.807) is 23.1 Å². The molecule has 2 aromatic rings. The lowest BCUT2D eigenvalue weighted by Crippen LogP contribution is -2.29. The molecule has 7 heteroatoms. The van der Waals surface area contributed by atoms with Crippen molar-refractivity contribution >= 4 is 29.0 Å². The molecule has 23 heavy (non-hydrogen) atoms. The van der Waals surface area contributed by atoms with E-state index in [1.165, 1.54) is 11.1 Å². The predicted octanol–water partition coefficient (Wildman–Crippen LogP) is 2.46. The van der Waals surface area contributed by atoms with E-state index in [-0.39, 0.29) is 5.91 Å². The van der Waals surface area contributed by atoms with Crippen molar-refractivity contribution < 1.29 is 4.79 Å². The lowest BCUT2D eigenvalue weighted by molar-refractivity contribution is -0.121. The molecule has 0 saturated heterocycles. The quantitative estimate of drug-likeness (QED) is 0.615. The molecular formula is C16H20N4OS2. The van der Waals surface area contributed by atoms with Gasteiger partial charge in [0.05, 0.1) is 0 Å². The zero-order valence-electron chi connectivity index (χ0n) is 13.1. The summed E-state index contributed by atoms with van der Waals surface area (Å²) in [6.07, 6.45) is 0.552. The minimum Gasteiger partial charge on any atom is -0.355 e. The summed E-state index contributed by atoms with van der Waals surface area (Å²) in [5.74, 6) is 0.949. The maximum atomic E-state index is 11.9. The summed E-state index contributed by atoms with van der Waals surface area (Å²) in [6.45, 7) is 5.33. The van der Waals surface area contributed by atoms with Crippen LogP contribution in [0.2, 0.25) is 0 Å². The Labute approximate surface area is 144 Å². The summed E-state index contributed by atoms with van der Waals surface area (Å²) in [5, 5.41) is 12.0. The predicted molar refractivity (Wildman–Crippen MR) is 93.6 cm³/mol. The number of hydrogen-bond donors (Lipinski definition) is 1. The van der Waals surface area contributed by atoms with Gasteiger partial charge in [-0.25, -0.2) is 0 Å². The Bertz CT molecular complexity index is 649. The highest BCUT2D eigenvalue weighted by atomic mass is 32.2. The van der Waals surface area contributed by atoms with E-state index < -0.39 is 0 Å². The molecule has 0 unspecified atom stereocenters. The molecule has 0 saturated carbocycles. The van der Waals surface area contributed by atoms with Gasteiger partial charge in [0.1, 0.15) is 5.01 Å². The maximum Gasteiger partial charge on any atom is 0.221 e. The van der Waals surface area contributed by atoms with Crippen LogP contribution in [0.25, 0.3) is 0 Å². The van der Waals surface area contributed by atoms with E-state index in [1.807, 2.05) is 6.92 Å². The van der Waals surface area contributed by atoms with Gasteiger partial charge in [-0.15, -0.1) is 10.2 Å². The average molecular weight is 348 g/mol. The molecule has 5 nitrogen and oxygen atoms in total. The lowest BCUT2D eigenvalue weighted by atomic mass is 10.1. The molecule has 0 fully saturated rings. The summed E-state index contributed by atoms with van der Waals surface area (Å²) >= 11 is 3.23. The fraction of sp³-hybridized carbons (Fsp3) is 0.438. The molecule has 1 amide bonds. The first kappa shape index (κ1) is 16.4. The number of aromatic nitrogens is 2. The molecule has 0 spiro atoms. The second-order valence-corrected chi connectivity index (χ2v) is 8.04. The van der Waals surface area contributed by atoms with Gasteiger partial charge in [0.2, 0.25) is 5.91 Å². The van der Waals surface area contributed by atoms with Crippen LogP contribution >= 0.6 is 23.1 Å². The number of amides is 1. The third-order valence-electron chi connectivity index (χ3n) is 3.72. The van der Waals surface area contributed by atoms with E-state index in [0.29, 0.717) is 13.0 Å². The summed E-state index contributed by atoms with van der Waals surface area (Å²) in [4.78, 5) is 14.2. The van der Waals surface area contributed by atoms with Crippen molar-refractivity contribution in [3.8, 4) is 0 Å². The van der Waals surface area contributed by atoms with E-state index in [2.05, 4.69) is 44.7 Å². The van der Waals surface area contributed by atoms with Gasteiger partial charge in [0.15, 0.2) is 4.34 Å². The van der Waals surface area contributed by atoms with Crippen molar-refractivity contribution in [2.75, 3.05) is 18.8 Å². The number of fused-ring (bicyclic) bond motifs is 1. The number of aryl methyl sites for hydroxylation is 1. The number of rotatable bonds is 7. The standard InChI is InChI=1S/C16H20N4OS2/c1-12-18-19-16(23-12)22-9-7-17-15(21)6-8-20-10-13-4-2-3-5-14(13)11-20/h2-5H,6-11H2,1H3,(H,17,21). The van der Waals surface area contributed by atoms with Gasteiger partial charge in [0.25, 0.3) is 0 Å². The fourth-order valence-electron chi connectivity index (χ4n) is 2.58. The van der Waals surface area contributed by atoms with Gasteiger partial charge >= 0.3 is 0 Å². The summed E-state index contributed by atoms with van der Waals surface area (Å²) in [6, 6.07) is 8.49. The van der Waals surface area contributed by atoms with E-state index in [0.717, 1.165) is 34.7 Å². The Hall–Kier alpha value is -1.44. The van der Waals surface area contributed by atoms with Crippen molar-refractivity contribution in [1.82, 2.24) is 20.4 Å². The van der Waals surface area contributed by atoms with Crippen LogP contribution in [0.15, 0.2) is 28.6 Å². The number of nitrogens with zero attached hydrogens (tertiary/aromatic N) is 3. The van der Waals surface area contributed by atoms with Crippen LogP contribution in [0.1, 0.15) is 22.6 Å². The Kier molecular flexibility index (Phi) is 5.64. The highest BCUT2D eigenvalue weighted by molar-refractivity contribution is 8.01. The van der Waals surface area contributed by atoms with Crippen LogP contribution in [-0.2, 0) is 17.9 Å². The van der Waals surface area contributed by atoms with Crippen molar-refractivity contribution in [2.24, 2.45) is 0 Å². The third kappa shape index (κ3) is 4.76. The smallest absolute Gasteiger partial charge is 0.221 e. The Balaban J connectivity index is 1.30. The molecule has 0 aliphatic carbocycles. The van der Waals surface area contributed by atoms with Gasteiger partial charge in [-0.05, 0) is 18.1 Å². The Morgan fingerprint density at radius 3 is 2.70 bits per heavy atom. The first-order chi connectivity index (χ1) is 11.2. The summed E-state index contributed by atoms with van der Waals surface area (Å²) < 4.78 is 0.964. The lowest BCUT2D eigenvalue weighted by Gasteiger charge is -2.14. The van der Waals surface area contributed by atoms with Crippen LogP contribution in [-0.4, -0.2) is 39.8 Å². The fourth-order valence-corrected chi connectivity index (χ4v) is 4.32. The van der Waals surface area contributed by atoms with Gasteiger partial charge < -0.3 is 5.32 Å². The van der Waals surface area contributed by atoms with Crippen molar-refractivity contribution in [3.63, 3.8) is 0 Å². The summed E-state index contributed by atoms with van der Waals surface area (Å²) in [5.41, 5.74) is 2.77. The van der Waals surface area contributed by atoms with Gasteiger partial charge in [-0.3, -0.25) is 9.69 Å². The highest BCUT2D eigenvalue weighted by Gasteiger charge is 2.18. The molecule has 1 aliphatic heterocycles. The number of carbonyl (C=O) groups excluding carboxylic acids is 1. The maximum absolute atomic E-state index is 11.9.